The second kappa shape index (κ2) is 11.5. The van der Waals surface area contributed by atoms with Gasteiger partial charge in [0, 0.05) is 11.0 Å². The number of alkyl halides is 3. The zero-order chi connectivity index (χ0) is 31.7. The lowest BCUT2D eigenvalue weighted by molar-refractivity contribution is -0.136. The zero-order valence-electron chi connectivity index (χ0n) is 22.4. The highest BCUT2D eigenvalue weighted by molar-refractivity contribution is 8.07. The molecule has 2 bridgehead atoms. The van der Waals surface area contributed by atoms with Crippen LogP contribution in [-0.2, 0) is 50.1 Å². The number of benzene rings is 1. The van der Waals surface area contributed by atoms with Gasteiger partial charge in [-0.3, -0.25) is 9.09 Å². The Bertz CT molecular complexity index is 1830. The van der Waals surface area contributed by atoms with E-state index in [1.807, 2.05) is 0 Å². The Morgan fingerprint density at radius 3 is 2.73 bits per heavy atom. The third-order valence-electron chi connectivity index (χ3n) is 7.46. The Morgan fingerprint density at radius 1 is 1.11 bits per heavy atom. The minimum absolute atomic E-state index is 0.104. The first-order valence-corrected chi connectivity index (χ1v) is 16.8. The van der Waals surface area contributed by atoms with Crippen LogP contribution >= 0.6 is 15.0 Å². The van der Waals surface area contributed by atoms with E-state index in [1.54, 1.807) is 4.57 Å². The summed E-state index contributed by atoms with van der Waals surface area (Å²) in [6.45, 7) is -5.14. The highest BCUT2D eigenvalue weighted by Crippen LogP contribution is 2.51. The fourth-order valence-corrected chi connectivity index (χ4v) is 7.57. The van der Waals surface area contributed by atoms with Crippen molar-refractivity contribution in [1.29, 1.82) is 0 Å². The van der Waals surface area contributed by atoms with Gasteiger partial charge in [0.2, 0.25) is 0 Å². The molecule has 0 saturated carbocycles. The molecule has 45 heavy (non-hydrogen) atoms. The molecule has 3 saturated heterocycles. The summed E-state index contributed by atoms with van der Waals surface area (Å²) >= 11 is 5.22. The zero-order valence-corrected chi connectivity index (χ0v) is 25.1. The average molecular weight is 693 g/mol. The summed E-state index contributed by atoms with van der Waals surface area (Å²) in [4.78, 5) is 23.4. The summed E-state index contributed by atoms with van der Waals surface area (Å²) < 4.78 is 90.4. The molecular weight excluding hydrogens is 671 g/mol. The third-order valence-corrected chi connectivity index (χ3v) is 9.82. The average Bonchev–Trinajstić information content (AvgIpc) is 3.75. The first-order valence-electron chi connectivity index (χ1n) is 13.2. The van der Waals surface area contributed by atoms with Gasteiger partial charge < -0.3 is 29.7 Å². The lowest BCUT2D eigenvalue weighted by Gasteiger charge is -2.26. The van der Waals surface area contributed by atoms with Crippen molar-refractivity contribution in [3.05, 3.63) is 36.4 Å². The lowest BCUT2D eigenvalue weighted by Crippen LogP contribution is -2.35. The Labute approximate surface area is 255 Å². The number of halogens is 3. The third kappa shape index (κ3) is 5.72. The number of ether oxygens (including phenoxy) is 2. The van der Waals surface area contributed by atoms with Gasteiger partial charge in [0.1, 0.15) is 60.7 Å². The van der Waals surface area contributed by atoms with E-state index in [-0.39, 0.29) is 17.8 Å². The largest absolute Gasteiger partial charge is 0.697 e. The molecule has 240 valence electrons. The van der Waals surface area contributed by atoms with Crippen molar-refractivity contribution < 1.29 is 55.3 Å². The second-order valence-electron chi connectivity index (χ2n) is 10.2. The molecular formula is C22H22F3N8O9P2S+. The van der Waals surface area contributed by atoms with E-state index in [0.717, 1.165) is 16.8 Å². The molecule has 1 aromatic carbocycles. The lowest BCUT2D eigenvalue weighted by atomic mass is 10.1. The van der Waals surface area contributed by atoms with E-state index in [1.165, 1.54) is 18.7 Å². The molecule has 4 aromatic rings. The molecule has 6 heterocycles. The summed E-state index contributed by atoms with van der Waals surface area (Å²) in [7, 11) is -2.83. The molecule has 4 N–H and O–H groups in total. The number of nitrogens with two attached hydrogens (primary N) is 1. The maximum absolute atomic E-state index is 13.6. The quantitative estimate of drug-likeness (QED) is 0.257. The Kier molecular flexibility index (Phi) is 7.85. The van der Waals surface area contributed by atoms with Gasteiger partial charge in [-0.2, -0.15) is 13.2 Å². The fraction of sp³-hybridized carbons (Fsp3) is 0.500. The molecule has 9 atom stereocenters. The van der Waals surface area contributed by atoms with Crippen molar-refractivity contribution >= 4 is 54.8 Å². The van der Waals surface area contributed by atoms with Crippen LogP contribution in [0.2, 0.25) is 0 Å². The number of aromatic nitrogens is 7. The topological polar surface area (TPSA) is 213 Å². The summed E-state index contributed by atoms with van der Waals surface area (Å²) in [6, 6.07) is 3.31. The van der Waals surface area contributed by atoms with Crippen molar-refractivity contribution in [3.8, 4) is 0 Å². The van der Waals surface area contributed by atoms with Crippen molar-refractivity contribution in [3.63, 3.8) is 0 Å². The summed E-state index contributed by atoms with van der Waals surface area (Å²) in [6.07, 6.45) is -10.3. The number of fused-ring (bicyclic) bond motifs is 5. The Hall–Kier alpha value is -2.81. The molecule has 3 fully saturated rings. The van der Waals surface area contributed by atoms with Crippen LogP contribution in [0.5, 0.6) is 0 Å². The number of nitrogen functional groups attached to an aromatic ring is 1. The van der Waals surface area contributed by atoms with Crippen LogP contribution in [0.4, 0.5) is 19.0 Å². The van der Waals surface area contributed by atoms with Crippen molar-refractivity contribution in [2.24, 2.45) is 0 Å². The van der Waals surface area contributed by atoms with Crippen molar-refractivity contribution in [1.82, 2.24) is 34.5 Å². The van der Waals surface area contributed by atoms with Gasteiger partial charge in [-0.05, 0) is 23.9 Å². The number of hydrogen-bond acceptors (Lipinski definition) is 15. The Balaban J connectivity index is 1.16. The second-order valence-corrected chi connectivity index (χ2v) is 13.9. The molecule has 7 rings (SSSR count). The van der Waals surface area contributed by atoms with Crippen LogP contribution < -0.4 is 5.73 Å². The molecule has 3 aliphatic rings. The van der Waals surface area contributed by atoms with E-state index in [9.17, 15) is 27.7 Å². The normalized spacial score (nSPS) is 34.0. The molecule has 0 aliphatic carbocycles. The van der Waals surface area contributed by atoms with Crippen LogP contribution in [-0.4, -0.2) is 88.2 Å². The minimum Gasteiger partial charge on any atom is -0.387 e. The number of hydrogen-bond donors (Lipinski definition) is 3. The number of aliphatic hydroxyl groups excluding tert-OH is 1. The highest BCUT2D eigenvalue weighted by atomic mass is 32.5. The predicted octanol–water partition coefficient (Wildman–Crippen LogP) is 2.11. The van der Waals surface area contributed by atoms with E-state index in [0.29, 0.717) is 11.2 Å². The summed E-state index contributed by atoms with van der Waals surface area (Å²) in [5, 5.41) is 18.5. The van der Waals surface area contributed by atoms with Gasteiger partial charge in [-0.15, -0.1) is 14.1 Å². The van der Waals surface area contributed by atoms with Crippen molar-refractivity contribution in [2.45, 2.75) is 55.6 Å². The van der Waals surface area contributed by atoms with Crippen LogP contribution in [0.1, 0.15) is 24.4 Å². The first-order chi connectivity index (χ1) is 21.4. The van der Waals surface area contributed by atoms with Gasteiger partial charge in [0.05, 0.1) is 24.0 Å². The minimum atomic E-state index is -4.73. The summed E-state index contributed by atoms with van der Waals surface area (Å²) in [5.74, 6) is 0.158. The smallest absolute Gasteiger partial charge is 0.387 e. The van der Waals surface area contributed by atoms with E-state index < -0.39 is 88.4 Å². The Morgan fingerprint density at radius 2 is 1.93 bits per heavy atom. The summed E-state index contributed by atoms with van der Waals surface area (Å²) in [5.41, 5.74) is 4.96. The SMILES string of the molecule is Nc1ncnc2c1ncn2[C@H]1C[C@@H]2O[P+](=O)OC[C@H]3O[C@@H](n4nnc5c(C(F)(F)F)cccc54)[C@H](OP(O)(=S)OC[C@H]2O1)[C@@H]3O. The number of nitrogens with zero attached hydrogens (tertiary/aromatic N) is 7. The molecule has 2 unspecified atom stereocenters. The van der Waals surface area contributed by atoms with E-state index in [2.05, 4.69) is 25.3 Å². The number of imidazole rings is 1. The van der Waals surface area contributed by atoms with Crippen LogP contribution in [0.15, 0.2) is 30.9 Å². The molecule has 3 aromatic heterocycles. The molecule has 0 amide bonds. The number of aliphatic hydroxyl groups is 1. The standard InChI is InChI=1S/C22H21F3N8O9P2S/c23-22(24,25)9-2-1-3-10-15(9)30-31-33(10)21-18-17(34)13(40-21)5-37-43(35)41-11-4-14(39-12(11)6-38-44(36,45)42-18)32-8-29-16-19(26)27-7-28-20(16)32/h1-3,7-8,11-14,17-18,21,34H,4-6H2,(H2-,26,27,28,36,45)/p+1/t11-,12+,13+,14+,17+,18+,21+,44?/m0/s1. The molecule has 23 heteroatoms. The highest BCUT2D eigenvalue weighted by Gasteiger charge is 2.52. The van der Waals surface area contributed by atoms with Crippen LogP contribution in [0, 0.1) is 0 Å². The van der Waals surface area contributed by atoms with Gasteiger partial charge in [0.15, 0.2) is 17.7 Å². The maximum Gasteiger partial charge on any atom is 0.697 e. The molecule has 17 nitrogen and oxygen atoms in total. The van der Waals surface area contributed by atoms with Gasteiger partial charge in [0.25, 0.3) is 0 Å². The van der Waals surface area contributed by atoms with E-state index in [4.69, 9.17) is 45.1 Å². The van der Waals surface area contributed by atoms with Gasteiger partial charge in [-0.1, -0.05) is 11.3 Å². The number of rotatable bonds is 2. The number of anilines is 1. The van der Waals surface area contributed by atoms with E-state index >= 15 is 0 Å². The predicted molar refractivity (Wildman–Crippen MR) is 146 cm³/mol. The van der Waals surface area contributed by atoms with Crippen molar-refractivity contribution in [2.75, 3.05) is 18.9 Å². The van der Waals surface area contributed by atoms with Gasteiger partial charge in [-0.25, -0.2) is 19.6 Å². The van der Waals surface area contributed by atoms with Crippen LogP contribution in [0.25, 0.3) is 22.2 Å². The maximum atomic E-state index is 13.6. The van der Waals surface area contributed by atoms with Gasteiger partial charge >= 0.3 is 21.1 Å². The first kappa shape index (κ1) is 30.8. The fourth-order valence-electron chi connectivity index (χ4n) is 5.39. The monoisotopic (exact) mass is 693 g/mol. The molecule has 0 spiro atoms. The molecule has 3 aliphatic heterocycles. The van der Waals surface area contributed by atoms with Crippen LogP contribution in [0.3, 0.4) is 0 Å². The molecule has 0 radical (unpaired) electrons.